The molecule has 8 heteroatoms. The fourth-order valence-corrected chi connectivity index (χ4v) is 3.57. The molecule has 0 aliphatic carbocycles. The molecular formula is C11H15Br2NO4S. The number of rotatable bonds is 7. The Morgan fingerprint density at radius 3 is 2.21 bits per heavy atom. The zero-order chi connectivity index (χ0) is 14.5. The van der Waals surface area contributed by atoms with Crippen molar-refractivity contribution in [3.63, 3.8) is 0 Å². The summed E-state index contributed by atoms with van der Waals surface area (Å²) < 4.78 is 34.4. The number of ether oxygens (including phenoxy) is 2. The fourth-order valence-electron chi connectivity index (χ4n) is 1.29. The van der Waals surface area contributed by atoms with E-state index in [0.29, 0.717) is 34.5 Å². The van der Waals surface area contributed by atoms with Gasteiger partial charge in [-0.05, 0) is 50.4 Å². The zero-order valence-corrected chi connectivity index (χ0v) is 14.3. The van der Waals surface area contributed by atoms with E-state index in [2.05, 4.69) is 31.9 Å². The summed E-state index contributed by atoms with van der Waals surface area (Å²) in [5.41, 5.74) is 0. The minimum Gasteiger partial charge on any atom is -0.489 e. The summed E-state index contributed by atoms with van der Waals surface area (Å²) in [5.74, 6) is 0.521. The van der Waals surface area contributed by atoms with Gasteiger partial charge in [0.2, 0.25) is 10.0 Å². The third kappa shape index (κ3) is 5.39. The van der Waals surface area contributed by atoms with Crippen LogP contribution in [0.2, 0.25) is 0 Å². The van der Waals surface area contributed by atoms with E-state index in [1.165, 1.54) is 12.1 Å². The van der Waals surface area contributed by atoms with Gasteiger partial charge in [-0.3, -0.25) is 0 Å². The third-order valence-corrected chi connectivity index (χ3v) is 4.19. The standard InChI is InChI=1S/C11H15Br2NO4S/c1-2-3-17-4-5-18-11-9(12)6-8(7-10(11)13)19(14,15)16/h6-7H,2-5H2,1H3,(H2,14,15,16). The molecular weight excluding hydrogens is 402 g/mol. The van der Waals surface area contributed by atoms with Crippen molar-refractivity contribution in [1.82, 2.24) is 0 Å². The monoisotopic (exact) mass is 415 g/mol. The van der Waals surface area contributed by atoms with Gasteiger partial charge in [0.1, 0.15) is 12.4 Å². The van der Waals surface area contributed by atoms with Crippen LogP contribution in [-0.2, 0) is 14.8 Å². The quantitative estimate of drug-likeness (QED) is 0.693. The van der Waals surface area contributed by atoms with Crippen molar-refractivity contribution in [2.24, 2.45) is 5.14 Å². The SMILES string of the molecule is CCCOCCOc1c(Br)cc(S(N)(=O)=O)cc1Br. The van der Waals surface area contributed by atoms with Crippen LogP contribution in [0.4, 0.5) is 0 Å². The molecule has 0 aromatic heterocycles. The second-order valence-corrected chi connectivity index (χ2v) is 6.99. The summed E-state index contributed by atoms with van der Waals surface area (Å²) >= 11 is 6.51. The lowest BCUT2D eigenvalue weighted by Gasteiger charge is -2.11. The molecule has 0 aliphatic heterocycles. The number of sulfonamides is 1. The molecule has 1 aromatic rings. The first-order valence-electron chi connectivity index (χ1n) is 5.58. The lowest BCUT2D eigenvalue weighted by Crippen LogP contribution is -2.13. The number of halogens is 2. The van der Waals surface area contributed by atoms with E-state index in [1.54, 1.807) is 0 Å². The largest absolute Gasteiger partial charge is 0.489 e. The van der Waals surface area contributed by atoms with Crippen LogP contribution in [0.15, 0.2) is 26.0 Å². The van der Waals surface area contributed by atoms with Gasteiger partial charge in [0, 0.05) is 6.61 Å². The van der Waals surface area contributed by atoms with Crippen molar-refractivity contribution in [3.8, 4) is 5.75 Å². The maximum Gasteiger partial charge on any atom is 0.238 e. The van der Waals surface area contributed by atoms with Crippen molar-refractivity contribution >= 4 is 41.9 Å². The van der Waals surface area contributed by atoms with Crippen LogP contribution >= 0.6 is 31.9 Å². The minimum atomic E-state index is -3.74. The van der Waals surface area contributed by atoms with E-state index in [1.807, 2.05) is 6.92 Å². The molecule has 0 saturated heterocycles. The fraction of sp³-hybridized carbons (Fsp3) is 0.455. The molecule has 0 radical (unpaired) electrons. The second-order valence-electron chi connectivity index (χ2n) is 3.72. The Labute approximate surface area is 129 Å². The van der Waals surface area contributed by atoms with Crippen LogP contribution in [-0.4, -0.2) is 28.2 Å². The van der Waals surface area contributed by atoms with E-state index >= 15 is 0 Å². The van der Waals surface area contributed by atoms with Gasteiger partial charge in [0.25, 0.3) is 0 Å². The number of benzene rings is 1. The van der Waals surface area contributed by atoms with Gasteiger partial charge in [-0.25, -0.2) is 13.6 Å². The third-order valence-electron chi connectivity index (χ3n) is 2.12. The van der Waals surface area contributed by atoms with Crippen molar-refractivity contribution in [2.45, 2.75) is 18.2 Å². The van der Waals surface area contributed by atoms with Gasteiger partial charge in [-0.2, -0.15) is 0 Å². The molecule has 0 fully saturated rings. The Kier molecular flexibility index (Phi) is 6.75. The molecule has 2 N–H and O–H groups in total. The average Bonchev–Trinajstić information content (AvgIpc) is 2.30. The van der Waals surface area contributed by atoms with Gasteiger partial charge >= 0.3 is 0 Å². The Morgan fingerprint density at radius 1 is 1.16 bits per heavy atom. The summed E-state index contributed by atoms with van der Waals surface area (Å²) in [4.78, 5) is 0.0147. The van der Waals surface area contributed by atoms with Crippen molar-refractivity contribution in [1.29, 1.82) is 0 Å². The summed E-state index contributed by atoms with van der Waals surface area (Å²) in [7, 11) is -3.74. The van der Waals surface area contributed by atoms with Crippen LogP contribution in [0.25, 0.3) is 0 Å². The molecule has 5 nitrogen and oxygen atoms in total. The topological polar surface area (TPSA) is 78.6 Å². The summed E-state index contributed by atoms with van der Waals surface area (Å²) in [6.07, 6.45) is 0.955. The van der Waals surface area contributed by atoms with Gasteiger partial charge in [-0.15, -0.1) is 0 Å². The molecule has 0 spiro atoms. The number of nitrogens with two attached hydrogens (primary N) is 1. The molecule has 108 valence electrons. The molecule has 0 unspecified atom stereocenters. The highest BCUT2D eigenvalue weighted by atomic mass is 79.9. The molecule has 0 amide bonds. The van der Waals surface area contributed by atoms with Crippen molar-refractivity contribution in [3.05, 3.63) is 21.1 Å². The summed E-state index contributed by atoms with van der Waals surface area (Å²) in [5, 5.41) is 5.07. The number of hydrogen-bond donors (Lipinski definition) is 1. The molecule has 1 rings (SSSR count). The minimum absolute atomic E-state index is 0.0147. The smallest absolute Gasteiger partial charge is 0.238 e. The highest BCUT2D eigenvalue weighted by Gasteiger charge is 2.15. The Morgan fingerprint density at radius 2 is 1.74 bits per heavy atom. The Bertz CT molecular complexity index is 510. The summed E-state index contributed by atoms with van der Waals surface area (Å²) in [6.45, 7) is 3.58. The van der Waals surface area contributed by atoms with Crippen LogP contribution in [0.5, 0.6) is 5.75 Å². The van der Waals surface area contributed by atoms with Crippen LogP contribution in [0.1, 0.15) is 13.3 Å². The van der Waals surface area contributed by atoms with Crippen molar-refractivity contribution in [2.75, 3.05) is 19.8 Å². The predicted octanol–water partition coefficient (Wildman–Crippen LogP) is 2.66. The summed E-state index contributed by atoms with van der Waals surface area (Å²) in [6, 6.07) is 2.81. The average molecular weight is 417 g/mol. The molecule has 0 saturated carbocycles. The normalized spacial score (nSPS) is 11.6. The predicted molar refractivity (Wildman–Crippen MR) is 79.8 cm³/mol. The highest BCUT2D eigenvalue weighted by molar-refractivity contribution is 9.11. The molecule has 0 heterocycles. The zero-order valence-electron chi connectivity index (χ0n) is 10.4. The van der Waals surface area contributed by atoms with Crippen LogP contribution < -0.4 is 9.88 Å². The number of primary sulfonamides is 1. The van der Waals surface area contributed by atoms with E-state index < -0.39 is 10.0 Å². The van der Waals surface area contributed by atoms with E-state index in [4.69, 9.17) is 14.6 Å². The second kappa shape index (κ2) is 7.58. The molecule has 19 heavy (non-hydrogen) atoms. The first-order chi connectivity index (χ1) is 8.86. The van der Waals surface area contributed by atoms with Crippen molar-refractivity contribution < 1.29 is 17.9 Å². The first kappa shape index (κ1) is 16.9. The lowest BCUT2D eigenvalue weighted by molar-refractivity contribution is 0.100. The molecule has 0 aliphatic rings. The Balaban J connectivity index is 2.75. The maximum absolute atomic E-state index is 11.3. The van der Waals surface area contributed by atoms with Gasteiger partial charge < -0.3 is 9.47 Å². The molecule has 0 atom stereocenters. The maximum atomic E-state index is 11.3. The number of hydrogen-bond acceptors (Lipinski definition) is 4. The molecule has 1 aromatic carbocycles. The van der Waals surface area contributed by atoms with E-state index in [9.17, 15) is 8.42 Å². The van der Waals surface area contributed by atoms with Gasteiger partial charge in [-0.1, -0.05) is 6.92 Å². The van der Waals surface area contributed by atoms with Gasteiger partial charge in [0.05, 0.1) is 20.4 Å². The lowest BCUT2D eigenvalue weighted by atomic mass is 10.3. The molecule has 0 bridgehead atoms. The van der Waals surface area contributed by atoms with Crippen LogP contribution in [0, 0.1) is 0 Å². The highest BCUT2D eigenvalue weighted by Crippen LogP contribution is 2.35. The van der Waals surface area contributed by atoms with E-state index in [-0.39, 0.29) is 4.90 Å². The van der Waals surface area contributed by atoms with Gasteiger partial charge in [0.15, 0.2) is 0 Å². The van der Waals surface area contributed by atoms with E-state index in [0.717, 1.165) is 6.42 Å². The Hall–Kier alpha value is -0.150. The van der Waals surface area contributed by atoms with Crippen LogP contribution in [0.3, 0.4) is 0 Å². The first-order valence-corrected chi connectivity index (χ1v) is 8.72.